The number of benzene rings is 4. The number of hydrogen-bond acceptors (Lipinski definition) is 4. The first kappa shape index (κ1) is 33.7. The SMILES string of the molecule is Cc1ccc(C2CC3C=Cc4c(ccc5ccccc45)C3C(C)(S(=O)(=O)c3cccc(C(F)(F)F)c3)C2)cc1S(C)(=O)=O.c1cc[nH]c1. The first-order chi connectivity index (χ1) is 22.6. The number of sulfone groups is 2. The van der Waals surface area contributed by atoms with Crippen molar-refractivity contribution < 1.29 is 30.0 Å². The predicted molar refractivity (Wildman–Crippen MR) is 183 cm³/mol. The third-order valence-electron chi connectivity index (χ3n) is 9.81. The largest absolute Gasteiger partial charge is 0.416 e. The Balaban J connectivity index is 0.000000736. The Morgan fingerprint density at radius 3 is 2.25 bits per heavy atom. The van der Waals surface area contributed by atoms with Crippen molar-refractivity contribution in [2.75, 3.05) is 6.26 Å². The maximum atomic E-state index is 14.7. The summed E-state index contributed by atoms with van der Waals surface area (Å²) in [6, 6.07) is 24.8. The van der Waals surface area contributed by atoms with Crippen LogP contribution in [0.3, 0.4) is 0 Å². The fraction of sp³-hybridized carbons (Fsp3) is 0.263. The molecule has 0 aliphatic heterocycles. The van der Waals surface area contributed by atoms with Gasteiger partial charge in [0.25, 0.3) is 0 Å². The molecular weight excluding hydrogens is 656 g/mol. The highest BCUT2D eigenvalue weighted by Gasteiger charge is 2.55. The zero-order valence-electron chi connectivity index (χ0n) is 26.7. The van der Waals surface area contributed by atoms with E-state index in [0.29, 0.717) is 17.5 Å². The standard InChI is InChI=1S/C34H31F3O4S2.C4H5N/c1-21-11-12-23(18-31(21)42(3,38)39)25-17-24-14-15-29-28-10-5-4-7-22(28)13-16-30(29)32(24)33(2,20-25)43(40,41)27-9-6-8-26(19-27)34(35,36)37;1-2-4-5-3-1/h4-16,18-19,24-25,32H,17,20H2,1-3H3;1-5H. The highest BCUT2D eigenvalue weighted by molar-refractivity contribution is 7.93. The number of alkyl halides is 3. The lowest BCUT2D eigenvalue weighted by atomic mass is 9.61. The molecule has 0 saturated heterocycles. The van der Waals surface area contributed by atoms with Crippen molar-refractivity contribution in [3.05, 3.63) is 137 Å². The van der Waals surface area contributed by atoms with Crippen molar-refractivity contribution in [1.29, 1.82) is 0 Å². The van der Waals surface area contributed by atoms with Gasteiger partial charge in [-0.1, -0.05) is 66.7 Å². The summed E-state index contributed by atoms with van der Waals surface area (Å²) in [5.41, 5.74) is 2.04. The average Bonchev–Trinajstić information content (AvgIpc) is 3.64. The van der Waals surface area contributed by atoms with Crippen LogP contribution in [0.5, 0.6) is 0 Å². The average molecular weight is 692 g/mol. The van der Waals surface area contributed by atoms with Gasteiger partial charge in [0.2, 0.25) is 0 Å². The minimum atomic E-state index is -4.70. The van der Waals surface area contributed by atoms with Gasteiger partial charge in [0.1, 0.15) is 0 Å². The van der Waals surface area contributed by atoms with Crippen LogP contribution in [0.15, 0.2) is 119 Å². The van der Waals surface area contributed by atoms with Crippen LogP contribution in [-0.2, 0) is 25.9 Å². The second-order valence-corrected chi connectivity index (χ2v) is 17.3. The van der Waals surface area contributed by atoms with E-state index in [2.05, 4.69) is 4.98 Å². The highest BCUT2D eigenvalue weighted by atomic mass is 32.2. The number of fused-ring (bicyclic) bond motifs is 5. The third-order valence-corrected chi connectivity index (χ3v) is 13.6. The van der Waals surface area contributed by atoms with Gasteiger partial charge in [0.15, 0.2) is 19.7 Å². The van der Waals surface area contributed by atoms with Crippen molar-refractivity contribution >= 4 is 36.5 Å². The molecule has 1 N–H and O–H groups in total. The highest BCUT2D eigenvalue weighted by Crippen LogP contribution is 2.58. The zero-order valence-corrected chi connectivity index (χ0v) is 28.3. The van der Waals surface area contributed by atoms with E-state index >= 15 is 0 Å². The maximum absolute atomic E-state index is 14.7. The van der Waals surface area contributed by atoms with E-state index in [1.54, 1.807) is 26.0 Å². The van der Waals surface area contributed by atoms with Crippen LogP contribution in [0.2, 0.25) is 0 Å². The van der Waals surface area contributed by atoms with Crippen LogP contribution >= 0.6 is 0 Å². The van der Waals surface area contributed by atoms with Gasteiger partial charge in [0.05, 0.1) is 20.1 Å². The summed E-state index contributed by atoms with van der Waals surface area (Å²) in [6.45, 7) is 3.36. The molecule has 1 heterocycles. The summed E-state index contributed by atoms with van der Waals surface area (Å²) in [5.74, 6) is -1.13. The second-order valence-electron chi connectivity index (χ2n) is 13.0. The van der Waals surface area contributed by atoms with Crippen LogP contribution in [0.1, 0.15) is 59.4 Å². The van der Waals surface area contributed by atoms with Gasteiger partial charge in [-0.25, -0.2) is 16.8 Å². The topological polar surface area (TPSA) is 84.1 Å². The fourth-order valence-corrected chi connectivity index (χ4v) is 10.7. The van der Waals surface area contributed by atoms with Gasteiger partial charge in [-0.2, -0.15) is 13.2 Å². The van der Waals surface area contributed by atoms with E-state index < -0.39 is 42.1 Å². The van der Waals surface area contributed by atoms with Gasteiger partial charge >= 0.3 is 6.18 Å². The van der Waals surface area contributed by atoms with Crippen molar-refractivity contribution in [3.8, 4) is 0 Å². The zero-order chi connectivity index (χ0) is 34.5. The number of hydrogen-bond donors (Lipinski definition) is 1. The van der Waals surface area contributed by atoms with E-state index in [-0.39, 0.29) is 28.0 Å². The molecule has 5 nitrogen and oxygen atoms in total. The Bertz CT molecular complexity index is 2210. The van der Waals surface area contributed by atoms with Crippen LogP contribution in [0.4, 0.5) is 13.2 Å². The van der Waals surface area contributed by atoms with Crippen LogP contribution < -0.4 is 0 Å². The Hall–Kier alpha value is -4.15. The van der Waals surface area contributed by atoms with Gasteiger partial charge in [-0.05, 0) is 108 Å². The summed E-state index contributed by atoms with van der Waals surface area (Å²) in [4.78, 5) is 2.67. The van der Waals surface area contributed by atoms with Gasteiger partial charge in [0, 0.05) is 24.6 Å². The quantitative estimate of drug-likeness (QED) is 0.204. The molecule has 1 aromatic heterocycles. The molecule has 250 valence electrons. The molecule has 2 aliphatic carbocycles. The summed E-state index contributed by atoms with van der Waals surface area (Å²) in [5, 5.41) is 1.99. The summed E-state index contributed by atoms with van der Waals surface area (Å²) in [7, 11) is -7.89. The minimum Gasteiger partial charge on any atom is -0.368 e. The van der Waals surface area contributed by atoms with Crippen LogP contribution in [-0.4, -0.2) is 32.8 Å². The van der Waals surface area contributed by atoms with Crippen molar-refractivity contribution in [2.24, 2.45) is 5.92 Å². The first-order valence-electron chi connectivity index (χ1n) is 15.6. The third kappa shape index (κ3) is 6.12. The summed E-state index contributed by atoms with van der Waals surface area (Å²) in [6.07, 6.45) is 4.91. The maximum Gasteiger partial charge on any atom is 0.416 e. The molecule has 4 atom stereocenters. The lowest BCUT2D eigenvalue weighted by Gasteiger charge is -2.50. The smallest absolute Gasteiger partial charge is 0.368 e. The molecule has 0 spiro atoms. The Morgan fingerprint density at radius 1 is 0.854 bits per heavy atom. The number of nitrogens with one attached hydrogen (secondary N) is 1. The summed E-state index contributed by atoms with van der Waals surface area (Å²) >= 11 is 0. The molecule has 1 fully saturated rings. The molecule has 1 saturated carbocycles. The Kier molecular flexibility index (Phi) is 8.70. The van der Waals surface area contributed by atoms with Gasteiger partial charge in [-0.15, -0.1) is 0 Å². The van der Waals surface area contributed by atoms with Crippen molar-refractivity contribution in [3.63, 3.8) is 0 Å². The Morgan fingerprint density at radius 2 is 1.58 bits per heavy atom. The number of allylic oxidation sites excluding steroid dienone is 1. The Labute approximate surface area is 279 Å². The van der Waals surface area contributed by atoms with E-state index in [4.69, 9.17) is 0 Å². The number of aromatic nitrogens is 1. The molecule has 4 aromatic carbocycles. The molecule has 0 radical (unpaired) electrons. The number of halogens is 3. The van der Waals surface area contributed by atoms with E-state index in [0.717, 1.165) is 46.4 Å². The number of aromatic amines is 1. The van der Waals surface area contributed by atoms with Gasteiger partial charge in [-0.3, -0.25) is 0 Å². The summed E-state index contributed by atoms with van der Waals surface area (Å²) < 4.78 is 94.1. The van der Waals surface area contributed by atoms with Crippen molar-refractivity contribution in [2.45, 2.75) is 59.2 Å². The molecule has 0 amide bonds. The minimum absolute atomic E-state index is 0.110. The molecule has 7 rings (SSSR count). The van der Waals surface area contributed by atoms with Crippen LogP contribution in [0, 0.1) is 12.8 Å². The van der Waals surface area contributed by atoms with E-state index in [1.807, 2.05) is 79.1 Å². The molecular formula is C38H36F3NO4S2. The van der Waals surface area contributed by atoms with E-state index in [9.17, 15) is 30.0 Å². The second kappa shape index (κ2) is 12.4. The molecule has 10 heteroatoms. The number of aryl methyl sites for hydroxylation is 1. The first-order valence-corrected chi connectivity index (χ1v) is 19.0. The fourth-order valence-electron chi connectivity index (χ4n) is 7.54. The molecule has 4 unspecified atom stereocenters. The van der Waals surface area contributed by atoms with Gasteiger partial charge < -0.3 is 4.98 Å². The number of H-pyrrole nitrogens is 1. The molecule has 0 bridgehead atoms. The van der Waals surface area contributed by atoms with Crippen molar-refractivity contribution in [1.82, 2.24) is 4.98 Å². The van der Waals surface area contributed by atoms with Crippen LogP contribution in [0.25, 0.3) is 16.8 Å². The molecule has 2 aliphatic rings. The lowest BCUT2D eigenvalue weighted by molar-refractivity contribution is -0.137. The van der Waals surface area contributed by atoms with E-state index in [1.165, 1.54) is 6.07 Å². The normalized spacial score (nSPS) is 22.3. The number of rotatable bonds is 4. The predicted octanol–water partition coefficient (Wildman–Crippen LogP) is 9.12. The lowest BCUT2D eigenvalue weighted by Crippen LogP contribution is -2.49. The molecule has 5 aromatic rings. The molecule has 48 heavy (non-hydrogen) atoms. The monoisotopic (exact) mass is 691 g/mol.